The van der Waals surface area contributed by atoms with Crippen molar-refractivity contribution in [2.45, 2.75) is 32.6 Å². The van der Waals surface area contributed by atoms with Gasteiger partial charge in [0.25, 0.3) is 0 Å². The average Bonchev–Trinajstić information content (AvgIpc) is 2.66. The average molecular weight is 441 g/mol. The van der Waals surface area contributed by atoms with Gasteiger partial charge in [0.2, 0.25) is 0 Å². The quantitative estimate of drug-likeness (QED) is 0.418. The fourth-order valence-corrected chi connectivity index (χ4v) is 5.02. The minimum Gasteiger partial charge on any atom is -0.460 e. The van der Waals surface area contributed by atoms with Crippen molar-refractivity contribution in [1.29, 1.82) is 0 Å². The van der Waals surface area contributed by atoms with Crippen molar-refractivity contribution in [3.8, 4) is 5.75 Å². The lowest BCUT2D eigenvalue weighted by molar-refractivity contribution is -0.118. The topological polar surface area (TPSA) is 56.5 Å². The van der Waals surface area contributed by atoms with Crippen molar-refractivity contribution < 1.29 is 13.9 Å². The molecule has 0 amide bonds. The Labute approximate surface area is 183 Å². The van der Waals surface area contributed by atoms with Crippen LogP contribution in [0, 0.1) is 5.41 Å². The molecule has 0 bridgehead atoms. The smallest absolute Gasteiger partial charge is 0.344 e. The van der Waals surface area contributed by atoms with Gasteiger partial charge in [-0.3, -0.25) is 4.79 Å². The van der Waals surface area contributed by atoms with Gasteiger partial charge in [-0.15, -0.1) is 0 Å². The Morgan fingerprint density at radius 1 is 1.03 bits per heavy atom. The van der Waals surface area contributed by atoms with Gasteiger partial charge in [-0.25, -0.2) is 4.79 Å². The summed E-state index contributed by atoms with van der Waals surface area (Å²) < 4.78 is 11.9. The molecule has 6 heteroatoms. The summed E-state index contributed by atoms with van der Waals surface area (Å²) in [4.78, 5) is 26.3. The largest absolute Gasteiger partial charge is 0.460 e. The van der Waals surface area contributed by atoms with Gasteiger partial charge in [-0.05, 0) is 35.2 Å². The van der Waals surface area contributed by atoms with E-state index in [1.807, 2.05) is 26.0 Å². The first-order valence-electron chi connectivity index (χ1n) is 9.70. The highest BCUT2D eigenvalue weighted by Crippen LogP contribution is 2.51. The van der Waals surface area contributed by atoms with Crippen LogP contribution in [0.4, 0.5) is 0 Å². The lowest BCUT2D eigenvalue weighted by Gasteiger charge is -2.38. The van der Waals surface area contributed by atoms with Crippen LogP contribution in [0.1, 0.15) is 43.7 Å². The maximum atomic E-state index is 13.3. The number of carbonyl (C=O) groups excluding carboxylic acids is 1. The van der Waals surface area contributed by atoms with Gasteiger partial charge in [0.15, 0.2) is 5.78 Å². The molecule has 1 atom stereocenters. The SMILES string of the molecule is CC1(C)CC(=O)C2=C(C1)Oc1c(c(=O)oc3ccccc13)C2c1ccc(Cl)cc1Cl. The van der Waals surface area contributed by atoms with Crippen molar-refractivity contribution in [2.75, 3.05) is 0 Å². The Kier molecular flexibility index (Phi) is 4.35. The Hall–Kier alpha value is -2.56. The number of ketones is 1. The lowest BCUT2D eigenvalue weighted by atomic mass is 9.70. The van der Waals surface area contributed by atoms with E-state index in [2.05, 4.69) is 0 Å². The number of rotatable bonds is 1. The van der Waals surface area contributed by atoms with E-state index in [9.17, 15) is 9.59 Å². The molecule has 0 saturated carbocycles. The van der Waals surface area contributed by atoms with E-state index in [1.54, 1.807) is 30.3 Å². The second kappa shape index (κ2) is 6.73. The maximum absolute atomic E-state index is 13.3. The summed E-state index contributed by atoms with van der Waals surface area (Å²) in [6.45, 7) is 4.07. The van der Waals surface area contributed by atoms with Crippen LogP contribution in [-0.4, -0.2) is 5.78 Å². The molecule has 1 aromatic heterocycles. The summed E-state index contributed by atoms with van der Waals surface area (Å²) >= 11 is 12.6. The zero-order chi connectivity index (χ0) is 21.2. The minimum absolute atomic E-state index is 0.0459. The number of fused-ring (bicyclic) bond motifs is 3. The van der Waals surface area contributed by atoms with Gasteiger partial charge in [0, 0.05) is 28.5 Å². The highest BCUT2D eigenvalue weighted by molar-refractivity contribution is 6.35. The van der Waals surface area contributed by atoms with Crippen LogP contribution >= 0.6 is 23.2 Å². The van der Waals surface area contributed by atoms with Crippen LogP contribution in [0.15, 0.2) is 63.0 Å². The van der Waals surface area contributed by atoms with Crippen LogP contribution in [0.2, 0.25) is 10.0 Å². The number of hydrogen-bond donors (Lipinski definition) is 0. The van der Waals surface area contributed by atoms with Gasteiger partial charge >= 0.3 is 5.63 Å². The summed E-state index contributed by atoms with van der Waals surface area (Å²) in [5.41, 5.74) is 1.07. The van der Waals surface area contributed by atoms with Gasteiger partial charge < -0.3 is 9.15 Å². The first-order chi connectivity index (χ1) is 14.2. The van der Waals surface area contributed by atoms with E-state index < -0.39 is 11.5 Å². The molecule has 152 valence electrons. The second-order valence-corrected chi connectivity index (χ2v) is 9.45. The van der Waals surface area contributed by atoms with Crippen molar-refractivity contribution in [2.24, 2.45) is 5.41 Å². The molecule has 0 saturated heterocycles. The molecule has 0 spiro atoms. The van der Waals surface area contributed by atoms with Crippen LogP contribution in [0.25, 0.3) is 11.0 Å². The number of carbonyl (C=O) groups is 1. The predicted molar refractivity (Wildman–Crippen MR) is 116 cm³/mol. The molecule has 2 aliphatic rings. The molecule has 0 fully saturated rings. The summed E-state index contributed by atoms with van der Waals surface area (Å²) in [5, 5.41) is 1.55. The van der Waals surface area contributed by atoms with Gasteiger partial charge in [-0.1, -0.05) is 55.2 Å². The molecule has 30 heavy (non-hydrogen) atoms. The predicted octanol–water partition coefficient (Wildman–Crippen LogP) is 6.27. The van der Waals surface area contributed by atoms with Crippen LogP contribution < -0.4 is 10.4 Å². The normalized spacial score (nSPS) is 20.0. The first-order valence-corrected chi connectivity index (χ1v) is 10.5. The van der Waals surface area contributed by atoms with E-state index in [4.69, 9.17) is 32.4 Å². The summed E-state index contributed by atoms with van der Waals surface area (Å²) in [6, 6.07) is 12.3. The summed E-state index contributed by atoms with van der Waals surface area (Å²) in [5.74, 6) is 0.311. The van der Waals surface area contributed by atoms with Crippen LogP contribution in [0.5, 0.6) is 5.75 Å². The van der Waals surface area contributed by atoms with E-state index >= 15 is 0 Å². The number of allylic oxidation sites excluding steroid dienone is 2. The monoisotopic (exact) mass is 440 g/mol. The van der Waals surface area contributed by atoms with Crippen LogP contribution in [0.3, 0.4) is 0 Å². The van der Waals surface area contributed by atoms with Gasteiger partial charge in [0.1, 0.15) is 17.1 Å². The zero-order valence-electron chi connectivity index (χ0n) is 16.4. The highest BCUT2D eigenvalue weighted by atomic mass is 35.5. The third-order valence-corrected chi connectivity index (χ3v) is 6.32. The van der Waals surface area contributed by atoms with Gasteiger partial charge in [-0.2, -0.15) is 0 Å². The Bertz CT molecular complexity index is 1320. The third kappa shape index (κ3) is 2.98. The number of ether oxygens (including phenoxy) is 1. The first kappa shape index (κ1) is 19.4. The molecule has 0 N–H and O–H groups in total. The number of halogens is 2. The fraction of sp³-hybridized carbons (Fsp3) is 0.250. The third-order valence-electron chi connectivity index (χ3n) is 5.75. The minimum atomic E-state index is -0.669. The molecular formula is C24H18Cl2O4. The molecule has 1 aliphatic heterocycles. The molecule has 1 unspecified atom stereocenters. The highest BCUT2D eigenvalue weighted by Gasteiger charge is 2.44. The van der Waals surface area contributed by atoms with E-state index in [0.29, 0.717) is 62.1 Å². The van der Waals surface area contributed by atoms with E-state index in [0.717, 1.165) is 0 Å². The Balaban J connectivity index is 1.87. The van der Waals surface area contributed by atoms with Crippen LogP contribution in [-0.2, 0) is 4.79 Å². The molecule has 3 aromatic rings. The molecule has 1 aliphatic carbocycles. The van der Waals surface area contributed by atoms with Crippen molar-refractivity contribution >= 4 is 40.0 Å². The summed E-state index contributed by atoms with van der Waals surface area (Å²) in [6.07, 6.45) is 0.953. The molecule has 5 rings (SSSR count). The Morgan fingerprint density at radius 3 is 2.57 bits per heavy atom. The number of para-hydroxylation sites is 1. The van der Waals surface area contributed by atoms with Crippen molar-refractivity contribution in [1.82, 2.24) is 0 Å². The number of Topliss-reactive ketones (excluding diaryl/α,β-unsaturated/α-hetero) is 1. The van der Waals surface area contributed by atoms with E-state index in [-0.39, 0.29) is 11.2 Å². The molecule has 4 nitrogen and oxygen atoms in total. The standard InChI is InChI=1S/C24H18Cl2O4/c1-24(2)10-16(27)20-18(11-24)29-22-14-5-3-4-6-17(14)30-23(28)21(22)19(20)13-8-7-12(25)9-15(13)26/h3-9,19H,10-11H2,1-2H3. The van der Waals surface area contributed by atoms with E-state index in [1.165, 1.54) is 0 Å². The molecule has 2 heterocycles. The molecular weight excluding hydrogens is 423 g/mol. The second-order valence-electron chi connectivity index (χ2n) is 8.61. The lowest BCUT2D eigenvalue weighted by Crippen LogP contribution is -2.35. The maximum Gasteiger partial charge on any atom is 0.344 e. The van der Waals surface area contributed by atoms with Crippen molar-refractivity contribution in [3.63, 3.8) is 0 Å². The zero-order valence-corrected chi connectivity index (χ0v) is 17.9. The van der Waals surface area contributed by atoms with Crippen molar-refractivity contribution in [3.05, 3.63) is 85.4 Å². The molecule has 2 aromatic carbocycles. The molecule has 0 radical (unpaired) electrons. The Morgan fingerprint density at radius 2 is 1.80 bits per heavy atom. The van der Waals surface area contributed by atoms with Gasteiger partial charge in [0.05, 0.1) is 16.9 Å². The fourth-order valence-electron chi connectivity index (χ4n) is 4.50. The summed E-state index contributed by atoms with van der Waals surface area (Å²) in [7, 11) is 0. The number of benzene rings is 2. The number of hydrogen-bond acceptors (Lipinski definition) is 4.